The van der Waals surface area contributed by atoms with Gasteiger partial charge < -0.3 is 24.9 Å². The van der Waals surface area contributed by atoms with Crippen LogP contribution in [0.2, 0.25) is 5.02 Å². The quantitative estimate of drug-likeness (QED) is 0.553. The molecule has 0 saturated carbocycles. The van der Waals surface area contributed by atoms with Gasteiger partial charge in [0.25, 0.3) is 0 Å². The highest BCUT2D eigenvalue weighted by Crippen LogP contribution is 2.22. The number of halogens is 1. The lowest BCUT2D eigenvalue weighted by atomic mass is 10.2. The number of fused-ring (bicyclic) bond motifs is 1. The summed E-state index contributed by atoms with van der Waals surface area (Å²) in [5.41, 5.74) is 1.74. The van der Waals surface area contributed by atoms with E-state index in [1.165, 1.54) is 0 Å². The molecule has 0 fully saturated rings. The molecular formula is C19H21ClN4O3. The number of anilines is 1. The zero-order valence-corrected chi connectivity index (χ0v) is 15.7. The van der Waals surface area contributed by atoms with Gasteiger partial charge in [-0.2, -0.15) is 0 Å². The molecule has 3 aromatic rings. The normalized spacial score (nSPS) is 11.1. The Hall–Kier alpha value is -2.77. The van der Waals surface area contributed by atoms with Gasteiger partial charge in [-0.1, -0.05) is 23.7 Å². The van der Waals surface area contributed by atoms with E-state index in [9.17, 15) is 9.59 Å². The van der Waals surface area contributed by atoms with Crippen molar-refractivity contribution >= 4 is 34.2 Å². The molecule has 0 aliphatic heterocycles. The van der Waals surface area contributed by atoms with Crippen LogP contribution in [0.25, 0.3) is 11.0 Å². The standard InChI is InChI=1S/C19H21ClN4O3/c1-24(10-11-27-17-5-3-2-4-14(17)20)9-8-18(25)21-13-6-7-15-16(12-13)23-19(26)22-15/h2-7,12H,8-11H2,1H3,(H,21,25)(H2,22,23,26). The van der Waals surface area contributed by atoms with Gasteiger partial charge in [-0.25, -0.2) is 4.79 Å². The van der Waals surface area contributed by atoms with Gasteiger partial charge in [0.2, 0.25) is 5.91 Å². The van der Waals surface area contributed by atoms with Crippen LogP contribution in [0.5, 0.6) is 5.75 Å². The number of nitrogens with zero attached hydrogens (tertiary/aromatic N) is 1. The minimum absolute atomic E-state index is 0.0916. The molecule has 0 bridgehead atoms. The Bertz CT molecular complexity index is 982. The third-order valence-electron chi connectivity index (χ3n) is 4.09. The van der Waals surface area contributed by atoms with Crippen LogP contribution in [0.4, 0.5) is 5.69 Å². The Morgan fingerprint density at radius 1 is 1.15 bits per heavy atom. The smallest absolute Gasteiger partial charge is 0.323 e. The molecule has 142 valence electrons. The summed E-state index contributed by atoms with van der Waals surface area (Å²) >= 11 is 6.04. The lowest BCUT2D eigenvalue weighted by Gasteiger charge is -2.17. The summed E-state index contributed by atoms with van der Waals surface area (Å²) in [5.74, 6) is 0.564. The first-order chi connectivity index (χ1) is 13.0. The van der Waals surface area contributed by atoms with Crippen LogP contribution in [0.3, 0.4) is 0 Å². The van der Waals surface area contributed by atoms with Gasteiger partial charge in [-0.3, -0.25) is 4.79 Å². The number of ether oxygens (including phenoxy) is 1. The van der Waals surface area contributed by atoms with E-state index >= 15 is 0 Å². The fourth-order valence-corrected chi connectivity index (χ4v) is 2.80. The Morgan fingerprint density at radius 3 is 2.74 bits per heavy atom. The van der Waals surface area contributed by atoms with Crippen molar-refractivity contribution in [1.29, 1.82) is 0 Å². The van der Waals surface area contributed by atoms with Crippen LogP contribution in [-0.2, 0) is 4.79 Å². The number of para-hydroxylation sites is 1. The molecular weight excluding hydrogens is 368 g/mol. The van der Waals surface area contributed by atoms with Gasteiger partial charge in [0, 0.05) is 25.2 Å². The van der Waals surface area contributed by atoms with Gasteiger partial charge in [0.15, 0.2) is 0 Å². The average molecular weight is 389 g/mol. The third-order valence-corrected chi connectivity index (χ3v) is 4.40. The topological polar surface area (TPSA) is 90.2 Å². The zero-order chi connectivity index (χ0) is 19.2. The number of carbonyl (C=O) groups excluding carboxylic acids is 1. The van der Waals surface area contributed by atoms with Crippen LogP contribution in [0.1, 0.15) is 6.42 Å². The number of carbonyl (C=O) groups is 1. The SMILES string of the molecule is CN(CCOc1ccccc1Cl)CCC(=O)Nc1ccc2[nH]c(=O)[nH]c2c1. The maximum Gasteiger partial charge on any atom is 0.323 e. The molecule has 0 atom stereocenters. The number of H-pyrrole nitrogens is 2. The number of aromatic nitrogens is 2. The first-order valence-electron chi connectivity index (χ1n) is 8.59. The first kappa shape index (κ1) is 19.0. The maximum atomic E-state index is 12.1. The van der Waals surface area contributed by atoms with Crippen LogP contribution >= 0.6 is 11.6 Å². The number of aromatic amines is 2. The summed E-state index contributed by atoms with van der Waals surface area (Å²) in [6.45, 7) is 1.76. The largest absolute Gasteiger partial charge is 0.491 e. The average Bonchev–Trinajstić information content (AvgIpc) is 3.01. The number of likely N-dealkylation sites (N-methyl/N-ethyl adjacent to an activating group) is 1. The molecule has 8 heteroatoms. The van der Waals surface area contributed by atoms with Gasteiger partial charge in [0.1, 0.15) is 12.4 Å². The molecule has 3 N–H and O–H groups in total. The summed E-state index contributed by atoms with van der Waals surface area (Å²) in [6.07, 6.45) is 0.351. The molecule has 0 aliphatic carbocycles. The number of imidazole rings is 1. The van der Waals surface area contributed by atoms with Crippen molar-refractivity contribution < 1.29 is 9.53 Å². The number of nitrogens with one attached hydrogen (secondary N) is 3. The van der Waals surface area contributed by atoms with Crippen molar-refractivity contribution in [3.05, 3.63) is 58.0 Å². The maximum absolute atomic E-state index is 12.1. The number of rotatable bonds is 8. The van der Waals surface area contributed by atoms with Crippen LogP contribution in [0, 0.1) is 0 Å². The van der Waals surface area contributed by atoms with E-state index in [0.29, 0.717) is 53.6 Å². The van der Waals surface area contributed by atoms with E-state index in [2.05, 4.69) is 15.3 Å². The molecule has 27 heavy (non-hydrogen) atoms. The predicted octanol–water partition coefficient (Wildman–Crippen LogP) is 2.85. The molecule has 1 heterocycles. The number of hydrogen-bond donors (Lipinski definition) is 3. The minimum Gasteiger partial charge on any atom is -0.491 e. The Kier molecular flexibility index (Phi) is 6.16. The van der Waals surface area contributed by atoms with E-state index < -0.39 is 0 Å². The predicted molar refractivity (Wildman–Crippen MR) is 107 cm³/mol. The molecule has 0 radical (unpaired) electrons. The highest BCUT2D eigenvalue weighted by Gasteiger charge is 2.07. The fourth-order valence-electron chi connectivity index (χ4n) is 2.61. The molecule has 3 rings (SSSR count). The van der Waals surface area contributed by atoms with Crippen LogP contribution < -0.4 is 15.7 Å². The lowest BCUT2D eigenvalue weighted by molar-refractivity contribution is -0.116. The molecule has 0 unspecified atom stereocenters. The van der Waals surface area contributed by atoms with Crippen LogP contribution in [0.15, 0.2) is 47.3 Å². The summed E-state index contributed by atoms with van der Waals surface area (Å²) < 4.78 is 5.65. The van der Waals surface area contributed by atoms with Crippen molar-refractivity contribution in [2.75, 3.05) is 32.1 Å². The highest BCUT2D eigenvalue weighted by atomic mass is 35.5. The Labute approximate surface area is 161 Å². The molecule has 0 aliphatic rings. The van der Waals surface area contributed by atoms with Gasteiger partial charge in [-0.15, -0.1) is 0 Å². The number of hydrogen-bond acceptors (Lipinski definition) is 4. The lowest BCUT2D eigenvalue weighted by Crippen LogP contribution is -2.28. The van der Waals surface area contributed by atoms with Crippen molar-refractivity contribution in [1.82, 2.24) is 14.9 Å². The number of amides is 1. The second-order valence-electron chi connectivity index (χ2n) is 6.22. The Morgan fingerprint density at radius 2 is 1.93 bits per heavy atom. The second kappa shape index (κ2) is 8.75. The van der Waals surface area contributed by atoms with Crippen molar-refractivity contribution in [2.45, 2.75) is 6.42 Å². The molecule has 0 spiro atoms. The second-order valence-corrected chi connectivity index (χ2v) is 6.63. The monoisotopic (exact) mass is 388 g/mol. The fraction of sp³-hybridized carbons (Fsp3) is 0.263. The van der Waals surface area contributed by atoms with E-state index in [0.717, 1.165) is 0 Å². The van der Waals surface area contributed by atoms with Gasteiger partial charge in [-0.05, 0) is 37.4 Å². The molecule has 7 nitrogen and oxygen atoms in total. The zero-order valence-electron chi connectivity index (χ0n) is 14.9. The minimum atomic E-state index is -0.269. The molecule has 1 aromatic heterocycles. The highest BCUT2D eigenvalue weighted by molar-refractivity contribution is 6.32. The summed E-state index contributed by atoms with van der Waals surface area (Å²) in [6, 6.07) is 12.6. The molecule has 2 aromatic carbocycles. The van der Waals surface area contributed by atoms with E-state index in [-0.39, 0.29) is 11.6 Å². The third kappa shape index (κ3) is 5.35. The van der Waals surface area contributed by atoms with Gasteiger partial charge >= 0.3 is 5.69 Å². The van der Waals surface area contributed by atoms with E-state index in [4.69, 9.17) is 16.3 Å². The van der Waals surface area contributed by atoms with E-state index in [1.807, 2.05) is 30.1 Å². The summed E-state index contributed by atoms with van der Waals surface area (Å²) in [7, 11) is 1.93. The summed E-state index contributed by atoms with van der Waals surface area (Å²) in [5, 5.41) is 3.42. The number of benzene rings is 2. The van der Waals surface area contributed by atoms with Crippen LogP contribution in [-0.4, -0.2) is 47.5 Å². The first-order valence-corrected chi connectivity index (χ1v) is 8.97. The van der Waals surface area contributed by atoms with Gasteiger partial charge in [0.05, 0.1) is 16.1 Å². The molecule has 1 amide bonds. The van der Waals surface area contributed by atoms with Crippen molar-refractivity contribution in [3.63, 3.8) is 0 Å². The van der Waals surface area contributed by atoms with Crippen molar-refractivity contribution in [3.8, 4) is 5.75 Å². The van der Waals surface area contributed by atoms with E-state index in [1.54, 1.807) is 24.3 Å². The molecule has 0 saturated heterocycles. The van der Waals surface area contributed by atoms with Crippen molar-refractivity contribution in [2.24, 2.45) is 0 Å². The summed E-state index contributed by atoms with van der Waals surface area (Å²) in [4.78, 5) is 30.8. The Balaban J connectivity index is 1.41.